The van der Waals surface area contributed by atoms with Crippen molar-refractivity contribution >= 4 is 22.9 Å². The molecule has 0 amide bonds. The van der Waals surface area contributed by atoms with Gasteiger partial charge in [-0.15, -0.1) is 0 Å². The fourth-order valence-corrected chi connectivity index (χ4v) is 1.92. The molecule has 2 rings (SSSR count). The molecule has 0 radical (unpaired) electrons. The zero-order chi connectivity index (χ0) is 14.7. The molecule has 6 nitrogen and oxygen atoms in total. The fourth-order valence-electron chi connectivity index (χ4n) is 1.74. The molecule has 7 heteroatoms. The van der Waals surface area contributed by atoms with Gasteiger partial charge in [-0.05, 0) is 6.07 Å². The van der Waals surface area contributed by atoms with E-state index in [9.17, 15) is 4.79 Å². The van der Waals surface area contributed by atoms with Crippen LogP contribution in [0.3, 0.4) is 0 Å². The van der Waals surface area contributed by atoms with Crippen molar-refractivity contribution in [3.63, 3.8) is 0 Å². The normalized spacial score (nSPS) is 10.3. The molecular formula is C13H15N5OS. The number of hydrogen-bond donors (Lipinski definition) is 1. The summed E-state index contributed by atoms with van der Waals surface area (Å²) < 4.78 is 1.35. The third-order valence-corrected chi connectivity index (χ3v) is 3.01. The van der Waals surface area contributed by atoms with E-state index >= 15 is 0 Å². The molecule has 0 unspecified atom stereocenters. The molecule has 2 heterocycles. The molecule has 104 valence electrons. The SMILES string of the molecule is CN(C)c1cnn(Cc2cccnc2C(N)=S)c(=O)c1. The van der Waals surface area contributed by atoms with Crippen LogP contribution >= 0.6 is 12.2 Å². The third kappa shape index (κ3) is 3.00. The van der Waals surface area contributed by atoms with Crippen molar-refractivity contribution < 1.29 is 0 Å². The zero-order valence-corrected chi connectivity index (χ0v) is 12.1. The predicted octanol–water partition coefficient (Wildman–Crippen LogP) is 0.387. The van der Waals surface area contributed by atoms with Crippen molar-refractivity contribution in [2.45, 2.75) is 6.54 Å². The van der Waals surface area contributed by atoms with Crippen LogP contribution in [0, 0.1) is 0 Å². The topological polar surface area (TPSA) is 77.0 Å². The maximum atomic E-state index is 12.0. The summed E-state index contributed by atoms with van der Waals surface area (Å²) in [5.74, 6) is 0. The van der Waals surface area contributed by atoms with E-state index in [1.54, 1.807) is 18.5 Å². The summed E-state index contributed by atoms with van der Waals surface area (Å²) in [6, 6.07) is 5.13. The molecule has 0 spiro atoms. The Morgan fingerprint density at radius 2 is 2.25 bits per heavy atom. The van der Waals surface area contributed by atoms with Gasteiger partial charge in [-0.2, -0.15) is 5.10 Å². The second-order valence-corrected chi connectivity index (χ2v) is 4.92. The van der Waals surface area contributed by atoms with Gasteiger partial charge in [0.2, 0.25) is 0 Å². The minimum atomic E-state index is -0.186. The molecule has 2 aromatic rings. The Morgan fingerprint density at radius 1 is 1.50 bits per heavy atom. The number of thiocarbonyl (C=S) groups is 1. The van der Waals surface area contributed by atoms with Crippen LogP contribution in [0.5, 0.6) is 0 Å². The van der Waals surface area contributed by atoms with Crippen LogP contribution < -0.4 is 16.2 Å². The molecule has 0 saturated heterocycles. The summed E-state index contributed by atoms with van der Waals surface area (Å²) in [6.45, 7) is 0.285. The van der Waals surface area contributed by atoms with E-state index in [0.29, 0.717) is 5.69 Å². The summed E-state index contributed by atoms with van der Waals surface area (Å²) in [5.41, 5.74) is 7.49. The number of aromatic nitrogens is 3. The van der Waals surface area contributed by atoms with Gasteiger partial charge in [0.05, 0.1) is 18.4 Å². The lowest BCUT2D eigenvalue weighted by atomic mass is 10.2. The quantitative estimate of drug-likeness (QED) is 0.820. The highest BCUT2D eigenvalue weighted by molar-refractivity contribution is 7.80. The van der Waals surface area contributed by atoms with Crippen LogP contribution in [0.2, 0.25) is 0 Å². The van der Waals surface area contributed by atoms with Crippen molar-refractivity contribution in [3.05, 3.63) is 52.2 Å². The lowest BCUT2D eigenvalue weighted by Crippen LogP contribution is -2.26. The van der Waals surface area contributed by atoms with E-state index in [0.717, 1.165) is 11.3 Å². The van der Waals surface area contributed by atoms with Crippen molar-refractivity contribution in [1.29, 1.82) is 0 Å². The standard InChI is InChI=1S/C13H15N5OS/c1-17(2)10-6-11(19)18(16-7-10)8-9-4-3-5-15-12(9)13(14)20/h3-7H,8H2,1-2H3,(H2,14,20). The van der Waals surface area contributed by atoms with Crippen molar-refractivity contribution in [3.8, 4) is 0 Å². The van der Waals surface area contributed by atoms with E-state index < -0.39 is 0 Å². The Balaban J connectivity index is 2.36. The average molecular weight is 289 g/mol. The second-order valence-electron chi connectivity index (χ2n) is 4.48. The molecule has 0 aliphatic rings. The van der Waals surface area contributed by atoms with Gasteiger partial charge in [0.1, 0.15) is 10.7 Å². The Kier molecular flexibility index (Phi) is 4.09. The van der Waals surface area contributed by atoms with Crippen LogP contribution in [-0.4, -0.2) is 33.8 Å². The highest BCUT2D eigenvalue weighted by Crippen LogP contribution is 2.08. The molecule has 0 aliphatic heterocycles. The maximum absolute atomic E-state index is 12.0. The van der Waals surface area contributed by atoms with Gasteiger partial charge in [0.25, 0.3) is 5.56 Å². The smallest absolute Gasteiger partial charge is 0.269 e. The summed E-state index contributed by atoms with van der Waals surface area (Å²) >= 11 is 4.95. The second kappa shape index (κ2) is 5.79. The highest BCUT2D eigenvalue weighted by atomic mass is 32.1. The molecule has 0 bridgehead atoms. The van der Waals surface area contributed by atoms with E-state index in [1.807, 2.05) is 25.1 Å². The molecular weight excluding hydrogens is 274 g/mol. The number of anilines is 1. The van der Waals surface area contributed by atoms with Crippen LogP contribution in [0.25, 0.3) is 0 Å². The summed E-state index contributed by atoms with van der Waals surface area (Å²) in [7, 11) is 3.71. The Labute approximate surface area is 121 Å². The number of hydrogen-bond acceptors (Lipinski definition) is 5. The van der Waals surface area contributed by atoms with Crippen molar-refractivity contribution in [2.24, 2.45) is 5.73 Å². The van der Waals surface area contributed by atoms with Crippen LogP contribution in [0.4, 0.5) is 5.69 Å². The molecule has 0 fully saturated rings. The predicted molar refractivity (Wildman–Crippen MR) is 82.1 cm³/mol. The third-order valence-electron chi connectivity index (χ3n) is 2.82. The highest BCUT2D eigenvalue weighted by Gasteiger charge is 2.09. The molecule has 0 atom stereocenters. The van der Waals surface area contributed by atoms with E-state index in [2.05, 4.69) is 10.1 Å². The minimum Gasteiger partial charge on any atom is -0.388 e. The first-order chi connectivity index (χ1) is 9.49. The molecule has 0 aromatic carbocycles. The number of nitrogens with zero attached hydrogens (tertiary/aromatic N) is 4. The first-order valence-corrected chi connectivity index (χ1v) is 6.38. The van der Waals surface area contributed by atoms with Gasteiger partial charge < -0.3 is 10.6 Å². The number of nitrogens with two attached hydrogens (primary N) is 1. The van der Waals surface area contributed by atoms with E-state index in [-0.39, 0.29) is 17.1 Å². The maximum Gasteiger partial charge on any atom is 0.269 e. The number of pyridine rings is 1. The molecule has 20 heavy (non-hydrogen) atoms. The Bertz CT molecular complexity index is 695. The van der Waals surface area contributed by atoms with Gasteiger partial charge in [0.15, 0.2) is 0 Å². The molecule has 0 saturated carbocycles. The molecule has 2 N–H and O–H groups in total. The summed E-state index contributed by atoms with van der Waals surface area (Å²) in [6.07, 6.45) is 3.25. The van der Waals surface area contributed by atoms with Gasteiger partial charge in [-0.1, -0.05) is 18.3 Å². The largest absolute Gasteiger partial charge is 0.388 e. The summed E-state index contributed by atoms with van der Waals surface area (Å²) in [5, 5.41) is 4.15. The van der Waals surface area contributed by atoms with Gasteiger partial charge in [-0.3, -0.25) is 9.78 Å². The number of rotatable bonds is 4. The molecule has 2 aromatic heterocycles. The fraction of sp³-hybridized carbons (Fsp3) is 0.231. The first kappa shape index (κ1) is 14.1. The lowest BCUT2D eigenvalue weighted by Gasteiger charge is -2.13. The van der Waals surface area contributed by atoms with Crippen LogP contribution in [-0.2, 0) is 6.54 Å². The van der Waals surface area contributed by atoms with Crippen LogP contribution in [0.1, 0.15) is 11.3 Å². The average Bonchev–Trinajstić information content (AvgIpc) is 2.41. The van der Waals surface area contributed by atoms with E-state index in [4.69, 9.17) is 18.0 Å². The Morgan fingerprint density at radius 3 is 2.85 bits per heavy atom. The minimum absolute atomic E-state index is 0.186. The summed E-state index contributed by atoms with van der Waals surface area (Å²) in [4.78, 5) is 18.2. The Hall–Kier alpha value is -2.28. The van der Waals surface area contributed by atoms with Gasteiger partial charge >= 0.3 is 0 Å². The zero-order valence-electron chi connectivity index (χ0n) is 11.3. The lowest BCUT2D eigenvalue weighted by molar-refractivity contribution is 0.636. The van der Waals surface area contributed by atoms with Gasteiger partial charge in [-0.25, -0.2) is 4.68 Å². The first-order valence-electron chi connectivity index (χ1n) is 5.97. The molecule has 0 aliphatic carbocycles. The monoisotopic (exact) mass is 289 g/mol. The van der Waals surface area contributed by atoms with E-state index in [1.165, 1.54) is 10.7 Å². The van der Waals surface area contributed by atoms with Crippen molar-refractivity contribution in [2.75, 3.05) is 19.0 Å². The van der Waals surface area contributed by atoms with Gasteiger partial charge in [0, 0.05) is 31.9 Å². The van der Waals surface area contributed by atoms with Crippen LogP contribution in [0.15, 0.2) is 35.4 Å². The van der Waals surface area contributed by atoms with Crippen molar-refractivity contribution in [1.82, 2.24) is 14.8 Å².